The number of allylic oxidation sites excluding steroid dienone is 1. The molecule has 3 nitrogen and oxygen atoms in total. The van der Waals surface area contributed by atoms with E-state index in [0.29, 0.717) is 10.8 Å². The summed E-state index contributed by atoms with van der Waals surface area (Å²) in [6.07, 6.45) is 3.42. The molecule has 0 bridgehead atoms. The van der Waals surface area contributed by atoms with Crippen molar-refractivity contribution in [2.75, 3.05) is 13.6 Å². The fraction of sp³-hybridized carbons (Fsp3) is 0.400. The largest absolute Gasteiger partial charge is 0.252 e. The second-order valence-corrected chi connectivity index (χ2v) is 8.05. The van der Waals surface area contributed by atoms with Crippen LogP contribution in [0.5, 0.6) is 0 Å². The number of nitrogens with zero attached hydrogens (tertiary/aromatic N) is 1. The molecule has 1 rings (SSSR count). The summed E-state index contributed by atoms with van der Waals surface area (Å²) in [6, 6.07) is 3.36. The predicted octanol–water partition coefficient (Wildman–Crippen LogP) is 3.10. The Balaban J connectivity index is 2.74. The topological polar surface area (TPSA) is 37.4 Å². The fourth-order valence-electron chi connectivity index (χ4n) is 1.17. The van der Waals surface area contributed by atoms with E-state index in [1.807, 2.05) is 0 Å². The third kappa shape index (κ3) is 3.41. The summed E-state index contributed by atoms with van der Waals surface area (Å²) in [5.74, 6) is 0. The van der Waals surface area contributed by atoms with Gasteiger partial charge in [0.1, 0.15) is 4.21 Å². The number of sulfonamides is 1. The van der Waals surface area contributed by atoms with Crippen molar-refractivity contribution in [1.29, 1.82) is 0 Å². The Hall–Kier alpha value is -0.170. The van der Waals surface area contributed by atoms with Crippen LogP contribution in [-0.4, -0.2) is 26.3 Å². The van der Waals surface area contributed by atoms with Crippen molar-refractivity contribution in [3.63, 3.8) is 0 Å². The van der Waals surface area contributed by atoms with Gasteiger partial charge in [-0.15, -0.1) is 17.9 Å². The van der Waals surface area contributed by atoms with Gasteiger partial charge in [-0.1, -0.05) is 6.08 Å². The number of unbranched alkanes of at least 4 members (excludes halogenated alkanes) is 1. The number of thiophene rings is 1. The summed E-state index contributed by atoms with van der Waals surface area (Å²) in [6.45, 7) is 4.13. The summed E-state index contributed by atoms with van der Waals surface area (Å²) in [5.41, 5.74) is 0. The van der Waals surface area contributed by atoms with Crippen LogP contribution >= 0.6 is 27.3 Å². The number of halogens is 1. The molecule has 90 valence electrons. The van der Waals surface area contributed by atoms with Gasteiger partial charge in [0.2, 0.25) is 0 Å². The standard InChI is InChI=1S/C10H14BrNO2S2/c1-3-4-5-8-12(2)16(13,14)10-7-6-9(11)15-10/h3,6-7H,1,4-5,8H2,2H3. The fourth-order valence-corrected chi connectivity index (χ4v) is 4.60. The number of rotatable bonds is 6. The minimum atomic E-state index is -3.31. The monoisotopic (exact) mass is 323 g/mol. The van der Waals surface area contributed by atoms with Gasteiger partial charge in [0.15, 0.2) is 0 Å². The van der Waals surface area contributed by atoms with Crippen LogP contribution in [0.4, 0.5) is 0 Å². The quantitative estimate of drug-likeness (QED) is 0.596. The maximum Gasteiger partial charge on any atom is 0.252 e. The molecule has 0 saturated carbocycles. The molecule has 0 amide bonds. The molecule has 1 aromatic heterocycles. The van der Waals surface area contributed by atoms with Crippen LogP contribution in [0.2, 0.25) is 0 Å². The molecule has 0 aliphatic rings. The predicted molar refractivity (Wildman–Crippen MR) is 71.3 cm³/mol. The van der Waals surface area contributed by atoms with E-state index in [2.05, 4.69) is 22.5 Å². The zero-order valence-electron chi connectivity index (χ0n) is 9.02. The Labute approximate surface area is 109 Å². The van der Waals surface area contributed by atoms with Crippen LogP contribution in [0.3, 0.4) is 0 Å². The first kappa shape index (κ1) is 13.9. The van der Waals surface area contributed by atoms with Gasteiger partial charge >= 0.3 is 0 Å². The Bertz CT molecular complexity index is 453. The SMILES string of the molecule is C=CCCCN(C)S(=O)(=O)c1ccc(Br)s1. The van der Waals surface area contributed by atoms with Crippen molar-refractivity contribution in [3.8, 4) is 0 Å². The minimum absolute atomic E-state index is 0.375. The van der Waals surface area contributed by atoms with Crippen LogP contribution < -0.4 is 0 Å². The van der Waals surface area contributed by atoms with E-state index in [-0.39, 0.29) is 0 Å². The Morgan fingerprint density at radius 3 is 2.75 bits per heavy atom. The van der Waals surface area contributed by atoms with Crippen LogP contribution in [0.25, 0.3) is 0 Å². The molecule has 0 N–H and O–H groups in total. The summed E-state index contributed by atoms with van der Waals surface area (Å²) in [7, 11) is -1.71. The molecular formula is C10H14BrNO2S2. The molecular weight excluding hydrogens is 310 g/mol. The van der Waals surface area contributed by atoms with Gasteiger partial charge in [-0.25, -0.2) is 12.7 Å². The normalized spacial score (nSPS) is 11.9. The van der Waals surface area contributed by atoms with Crippen LogP contribution in [0.1, 0.15) is 12.8 Å². The Morgan fingerprint density at radius 1 is 1.56 bits per heavy atom. The molecule has 0 aliphatic carbocycles. The highest BCUT2D eigenvalue weighted by Crippen LogP contribution is 2.27. The van der Waals surface area contributed by atoms with Gasteiger partial charge < -0.3 is 0 Å². The van der Waals surface area contributed by atoms with Gasteiger partial charge in [-0.3, -0.25) is 0 Å². The molecule has 0 spiro atoms. The molecule has 0 unspecified atom stereocenters. The number of hydrogen-bond donors (Lipinski definition) is 0. The van der Waals surface area contributed by atoms with Crippen molar-refractivity contribution in [1.82, 2.24) is 4.31 Å². The summed E-state index contributed by atoms with van der Waals surface area (Å²) in [4.78, 5) is 0. The van der Waals surface area contributed by atoms with Crippen molar-refractivity contribution in [3.05, 3.63) is 28.6 Å². The minimum Gasteiger partial charge on any atom is -0.206 e. The van der Waals surface area contributed by atoms with Crippen molar-refractivity contribution in [2.45, 2.75) is 17.1 Å². The molecule has 0 radical (unpaired) electrons. The lowest BCUT2D eigenvalue weighted by Gasteiger charge is -2.15. The highest BCUT2D eigenvalue weighted by Gasteiger charge is 2.21. The van der Waals surface area contributed by atoms with Crippen LogP contribution in [-0.2, 0) is 10.0 Å². The van der Waals surface area contributed by atoms with E-state index in [4.69, 9.17) is 0 Å². The first-order valence-corrected chi connectivity index (χ1v) is 7.86. The molecule has 0 aliphatic heterocycles. The van der Waals surface area contributed by atoms with E-state index >= 15 is 0 Å². The lowest BCUT2D eigenvalue weighted by atomic mass is 10.3. The Morgan fingerprint density at radius 2 is 2.25 bits per heavy atom. The van der Waals surface area contributed by atoms with Crippen molar-refractivity contribution < 1.29 is 8.42 Å². The molecule has 16 heavy (non-hydrogen) atoms. The highest BCUT2D eigenvalue weighted by molar-refractivity contribution is 9.11. The first-order valence-electron chi connectivity index (χ1n) is 4.81. The van der Waals surface area contributed by atoms with Gasteiger partial charge in [0.05, 0.1) is 3.79 Å². The van der Waals surface area contributed by atoms with Crippen molar-refractivity contribution in [2.24, 2.45) is 0 Å². The third-order valence-corrected chi connectivity index (χ3v) is 6.04. The van der Waals surface area contributed by atoms with Gasteiger partial charge in [0.25, 0.3) is 10.0 Å². The maximum atomic E-state index is 12.0. The lowest BCUT2D eigenvalue weighted by molar-refractivity contribution is 0.464. The molecule has 0 fully saturated rings. The summed E-state index contributed by atoms with van der Waals surface area (Å²) in [5, 5.41) is 0. The third-order valence-electron chi connectivity index (χ3n) is 2.09. The van der Waals surface area contributed by atoms with E-state index in [0.717, 1.165) is 16.6 Å². The van der Waals surface area contributed by atoms with E-state index in [1.165, 1.54) is 15.6 Å². The van der Waals surface area contributed by atoms with Gasteiger partial charge in [0, 0.05) is 13.6 Å². The van der Waals surface area contributed by atoms with E-state index in [9.17, 15) is 8.42 Å². The van der Waals surface area contributed by atoms with Crippen LogP contribution in [0.15, 0.2) is 32.8 Å². The molecule has 0 aromatic carbocycles. The van der Waals surface area contributed by atoms with Crippen LogP contribution in [0, 0.1) is 0 Å². The van der Waals surface area contributed by atoms with Crippen molar-refractivity contribution >= 4 is 37.3 Å². The second-order valence-electron chi connectivity index (χ2n) is 3.32. The first-order chi connectivity index (χ1) is 7.48. The van der Waals surface area contributed by atoms with E-state index in [1.54, 1.807) is 25.3 Å². The molecule has 1 heterocycles. The molecule has 1 aromatic rings. The average Bonchev–Trinajstić information content (AvgIpc) is 2.65. The Kier molecular flexibility index (Phi) is 5.17. The highest BCUT2D eigenvalue weighted by atomic mass is 79.9. The summed E-state index contributed by atoms with van der Waals surface area (Å²) >= 11 is 4.49. The lowest BCUT2D eigenvalue weighted by Crippen LogP contribution is -2.27. The molecule has 0 saturated heterocycles. The summed E-state index contributed by atoms with van der Waals surface area (Å²) < 4.78 is 26.6. The second kappa shape index (κ2) is 5.95. The number of hydrogen-bond acceptors (Lipinski definition) is 3. The zero-order valence-corrected chi connectivity index (χ0v) is 12.2. The van der Waals surface area contributed by atoms with Gasteiger partial charge in [-0.05, 0) is 40.9 Å². The smallest absolute Gasteiger partial charge is 0.206 e. The maximum absolute atomic E-state index is 12.0. The molecule has 0 atom stereocenters. The average molecular weight is 324 g/mol. The van der Waals surface area contributed by atoms with Gasteiger partial charge in [-0.2, -0.15) is 0 Å². The molecule has 6 heteroatoms. The zero-order chi connectivity index (χ0) is 12.2. The van der Waals surface area contributed by atoms with E-state index < -0.39 is 10.0 Å².